The third-order valence-electron chi connectivity index (χ3n) is 3.06. The largest absolute Gasteiger partial charge is 0.393 e. The molecular formula is C15H23N3OS. The normalized spacial score (nSPS) is 10.6. The number of hydrogen-bond donors (Lipinski definition) is 1. The highest BCUT2D eigenvalue weighted by molar-refractivity contribution is 7.80. The highest BCUT2D eigenvalue weighted by atomic mass is 32.1. The molecule has 0 spiro atoms. The second-order valence-electron chi connectivity index (χ2n) is 5.19. The predicted octanol–water partition coefficient (Wildman–Crippen LogP) is 1.56. The molecule has 0 aliphatic carbocycles. The number of hydrogen-bond acceptors (Lipinski definition) is 3. The zero-order valence-corrected chi connectivity index (χ0v) is 13.2. The van der Waals surface area contributed by atoms with Crippen LogP contribution in [0.4, 0.5) is 0 Å². The number of amides is 1. The van der Waals surface area contributed by atoms with Crippen LogP contribution in [0.2, 0.25) is 0 Å². The lowest BCUT2D eigenvalue weighted by molar-refractivity contribution is -0.130. The summed E-state index contributed by atoms with van der Waals surface area (Å²) in [6.45, 7) is 3.79. The minimum Gasteiger partial charge on any atom is -0.393 e. The van der Waals surface area contributed by atoms with Gasteiger partial charge in [-0.05, 0) is 19.5 Å². The molecule has 0 fully saturated rings. The lowest BCUT2D eigenvalue weighted by Gasteiger charge is -2.22. The van der Waals surface area contributed by atoms with Gasteiger partial charge in [-0.2, -0.15) is 0 Å². The smallest absolute Gasteiger partial charge is 0.236 e. The van der Waals surface area contributed by atoms with E-state index in [0.29, 0.717) is 24.5 Å². The molecule has 5 heteroatoms. The van der Waals surface area contributed by atoms with E-state index in [0.717, 1.165) is 6.54 Å². The Kier molecular flexibility index (Phi) is 6.61. The number of rotatable bonds is 7. The van der Waals surface area contributed by atoms with Gasteiger partial charge in [0.25, 0.3) is 0 Å². The first-order chi connectivity index (χ1) is 9.38. The van der Waals surface area contributed by atoms with Crippen molar-refractivity contribution in [2.45, 2.75) is 19.9 Å². The molecule has 1 amide bonds. The van der Waals surface area contributed by atoms with Crippen molar-refractivity contribution in [3.8, 4) is 0 Å². The molecule has 0 radical (unpaired) electrons. The third-order valence-corrected chi connectivity index (χ3v) is 3.26. The summed E-state index contributed by atoms with van der Waals surface area (Å²) in [6, 6.07) is 8.31. The molecule has 1 aromatic carbocycles. The Morgan fingerprint density at radius 2 is 2.05 bits per heavy atom. The second-order valence-corrected chi connectivity index (χ2v) is 5.72. The van der Waals surface area contributed by atoms with Gasteiger partial charge in [-0.3, -0.25) is 9.69 Å². The fourth-order valence-corrected chi connectivity index (χ4v) is 2.02. The molecule has 2 N–H and O–H groups in total. The van der Waals surface area contributed by atoms with E-state index < -0.39 is 0 Å². The van der Waals surface area contributed by atoms with Crippen LogP contribution in [0.25, 0.3) is 0 Å². The van der Waals surface area contributed by atoms with Crippen molar-refractivity contribution in [3.63, 3.8) is 0 Å². The average molecular weight is 293 g/mol. The van der Waals surface area contributed by atoms with E-state index in [9.17, 15) is 4.79 Å². The summed E-state index contributed by atoms with van der Waals surface area (Å²) in [7, 11) is 3.72. The van der Waals surface area contributed by atoms with Crippen molar-refractivity contribution >= 4 is 23.1 Å². The average Bonchev–Trinajstić information content (AvgIpc) is 2.35. The van der Waals surface area contributed by atoms with E-state index in [1.54, 1.807) is 11.9 Å². The number of aryl methyl sites for hydroxylation is 1. The van der Waals surface area contributed by atoms with E-state index in [1.807, 2.05) is 18.0 Å². The summed E-state index contributed by atoms with van der Waals surface area (Å²) in [4.78, 5) is 16.1. The third kappa shape index (κ3) is 6.12. The van der Waals surface area contributed by atoms with Gasteiger partial charge in [-0.25, -0.2) is 0 Å². The topological polar surface area (TPSA) is 49.6 Å². The Morgan fingerprint density at radius 3 is 2.65 bits per heavy atom. The van der Waals surface area contributed by atoms with Gasteiger partial charge in [0.15, 0.2) is 0 Å². The predicted molar refractivity (Wildman–Crippen MR) is 86.6 cm³/mol. The zero-order chi connectivity index (χ0) is 15.1. The first-order valence-corrected chi connectivity index (χ1v) is 7.05. The molecule has 0 unspecified atom stereocenters. The van der Waals surface area contributed by atoms with Crippen LogP contribution in [-0.2, 0) is 11.3 Å². The number of likely N-dealkylation sites (N-methyl/N-ethyl adjacent to an activating group) is 2. The summed E-state index contributed by atoms with van der Waals surface area (Å²) in [5.74, 6) is 0.0800. The molecule has 110 valence electrons. The SMILES string of the molecule is Cc1cccc(CN(C)CC(=O)N(C)CCC(N)=S)c1. The van der Waals surface area contributed by atoms with Gasteiger partial charge >= 0.3 is 0 Å². The maximum Gasteiger partial charge on any atom is 0.236 e. The van der Waals surface area contributed by atoms with Crippen molar-refractivity contribution in [2.75, 3.05) is 27.2 Å². The monoisotopic (exact) mass is 293 g/mol. The first kappa shape index (κ1) is 16.6. The molecule has 20 heavy (non-hydrogen) atoms. The van der Waals surface area contributed by atoms with Crippen LogP contribution in [0.5, 0.6) is 0 Å². The van der Waals surface area contributed by atoms with E-state index >= 15 is 0 Å². The molecule has 0 heterocycles. The molecule has 0 bridgehead atoms. The van der Waals surface area contributed by atoms with Crippen molar-refractivity contribution in [1.82, 2.24) is 9.80 Å². The molecule has 0 saturated carbocycles. The van der Waals surface area contributed by atoms with Crippen LogP contribution in [0, 0.1) is 6.92 Å². The van der Waals surface area contributed by atoms with Crippen molar-refractivity contribution in [3.05, 3.63) is 35.4 Å². The standard InChI is InChI=1S/C15H23N3OS/c1-12-5-4-6-13(9-12)10-17(2)11-15(19)18(3)8-7-14(16)20/h4-6,9H,7-8,10-11H2,1-3H3,(H2,16,20). The van der Waals surface area contributed by atoms with Gasteiger partial charge in [0.05, 0.1) is 11.5 Å². The van der Waals surface area contributed by atoms with Crippen LogP contribution in [0.1, 0.15) is 17.5 Å². The van der Waals surface area contributed by atoms with Crippen molar-refractivity contribution in [2.24, 2.45) is 5.73 Å². The number of carbonyl (C=O) groups is 1. The second kappa shape index (κ2) is 7.97. The molecule has 0 aliphatic rings. The Bertz CT molecular complexity index is 476. The molecule has 0 aliphatic heterocycles. The van der Waals surface area contributed by atoms with Crippen molar-refractivity contribution in [1.29, 1.82) is 0 Å². The Hall–Kier alpha value is -1.46. The van der Waals surface area contributed by atoms with Gasteiger partial charge in [0, 0.05) is 26.6 Å². The van der Waals surface area contributed by atoms with Crippen LogP contribution >= 0.6 is 12.2 Å². The fraction of sp³-hybridized carbons (Fsp3) is 0.467. The molecule has 1 aromatic rings. The van der Waals surface area contributed by atoms with Crippen molar-refractivity contribution < 1.29 is 4.79 Å². The maximum atomic E-state index is 12.0. The summed E-state index contributed by atoms with van der Waals surface area (Å²) in [5, 5.41) is 0. The summed E-state index contributed by atoms with van der Waals surface area (Å²) in [6.07, 6.45) is 0.569. The lowest BCUT2D eigenvalue weighted by Crippen LogP contribution is -2.37. The molecule has 0 saturated heterocycles. The quantitative estimate of drug-likeness (QED) is 0.775. The lowest BCUT2D eigenvalue weighted by atomic mass is 10.1. The minimum atomic E-state index is 0.0800. The van der Waals surface area contributed by atoms with Crippen LogP contribution in [-0.4, -0.2) is 47.9 Å². The van der Waals surface area contributed by atoms with Gasteiger partial charge in [-0.15, -0.1) is 0 Å². The van der Waals surface area contributed by atoms with Gasteiger partial charge in [0.1, 0.15) is 0 Å². The molecule has 0 aromatic heterocycles. The fourth-order valence-electron chi connectivity index (χ4n) is 1.93. The highest BCUT2D eigenvalue weighted by Gasteiger charge is 2.12. The van der Waals surface area contributed by atoms with E-state index in [-0.39, 0.29) is 5.91 Å². The van der Waals surface area contributed by atoms with Crippen LogP contribution in [0.15, 0.2) is 24.3 Å². The Balaban J connectivity index is 2.43. The van der Waals surface area contributed by atoms with Gasteiger partial charge in [0.2, 0.25) is 5.91 Å². The summed E-state index contributed by atoms with van der Waals surface area (Å²) < 4.78 is 0. The van der Waals surface area contributed by atoms with E-state index in [1.165, 1.54) is 11.1 Å². The molecule has 1 rings (SSSR count). The van der Waals surface area contributed by atoms with E-state index in [2.05, 4.69) is 25.1 Å². The Morgan fingerprint density at radius 1 is 1.35 bits per heavy atom. The zero-order valence-electron chi connectivity index (χ0n) is 12.4. The molecule has 0 atom stereocenters. The van der Waals surface area contributed by atoms with Gasteiger partial charge < -0.3 is 10.6 Å². The van der Waals surface area contributed by atoms with Gasteiger partial charge in [-0.1, -0.05) is 42.0 Å². The maximum absolute atomic E-state index is 12.0. The molecular weight excluding hydrogens is 270 g/mol. The first-order valence-electron chi connectivity index (χ1n) is 6.65. The number of nitrogens with two attached hydrogens (primary N) is 1. The number of benzene rings is 1. The van der Waals surface area contributed by atoms with Crippen LogP contribution in [0.3, 0.4) is 0 Å². The Labute approximate surface area is 126 Å². The van der Waals surface area contributed by atoms with E-state index in [4.69, 9.17) is 18.0 Å². The number of thiocarbonyl (C=S) groups is 1. The molecule has 4 nitrogen and oxygen atoms in total. The minimum absolute atomic E-state index is 0.0800. The number of carbonyl (C=O) groups excluding carboxylic acids is 1. The van der Waals surface area contributed by atoms with Crippen LogP contribution < -0.4 is 5.73 Å². The highest BCUT2D eigenvalue weighted by Crippen LogP contribution is 2.06. The summed E-state index contributed by atoms with van der Waals surface area (Å²) in [5.41, 5.74) is 7.89. The number of nitrogens with zero attached hydrogens (tertiary/aromatic N) is 2. The summed E-state index contributed by atoms with van der Waals surface area (Å²) >= 11 is 4.82.